The van der Waals surface area contributed by atoms with E-state index in [9.17, 15) is 9.59 Å². The topological polar surface area (TPSA) is 93.9 Å². The fourth-order valence-corrected chi connectivity index (χ4v) is 2.84. The summed E-state index contributed by atoms with van der Waals surface area (Å²) in [4.78, 5) is 26.4. The van der Waals surface area contributed by atoms with Crippen LogP contribution >= 0.6 is 0 Å². The second-order valence-electron chi connectivity index (χ2n) is 5.52. The number of methoxy groups -OCH3 is 2. The molecular weight excluding hydrogens is 298 g/mol. The predicted molar refractivity (Wildman–Crippen MR) is 85.4 cm³/mol. The van der Waals surface area contributed by atoms with Crippen LogP contribution in [0.4, 0.5) is 4.79 Å². The summed E-state index contributed by atoms with van der Waals surface area (Å²) in [5.41, 5.74) is 5.16. The van der Waals surface area contributed by atoms with Crippen LogP contribution in [0.1, 0.15) is 25.8 Å². The zero-order chi connectivity index (χ0) is 17.2. The zero-order valence-electron chi connectivity index (χ0n) is 13.9. The third-order valence-electron chi connectivity index (χ3n) is 4.31. The van der Waals surface area contributed by atoms with Gasteiger partial charge >= 0.3 is 6.03 Å². The molecule has 1 aromatic rings. The largest absolute Gasteiger partial charge is 0.493 e. The molecule has 126 valence electrons. The van der Waals surface area contributed by atoms with Gasteiger partial charge in [-0.2, -0.15) is 0 Å². The molecule has 1 saturated heterocycles. The van der Waals surface area contributed by atoms with Crippen molar-refractivity contribution in [1.82, 2.24) is 10.2 Å². The molecule has 0 bridgehead atoms. The molecular formula is C16H23N3O4. The second kappa shape index (κ2) is 6.45. The first-order chi connectivity index (χ1) is 10.9. The molecule has 1 aromatic carbocycles. The SMILES string of the molecule is CCC1(c2ccc(OC)c(OC)c2)NC(=O)N(C(C)CN)C1=O. The van der Waals surface area contributed by atoms with Crippen LogP contribution in [-0.2, 0) is 10.3 Å². The lowest BCUT2D eigenvalue weighted by Crippen LogP contribution is -2.46. The second-order valence-corrected chi connectivity index (χ2v) is 5.52. The molecule has 23 heavy (non-hydrogen) atoms. The highest BCUT2D eigenvalue weighted by molar-refractivity contribution is 6.07. The van der Waals surface area contributed by atoms with E-state index in [0.29, 0.717) is 23.5 Å². The van der Waals surface area contributed by atoms with Gasteiger partial charge in [0.15, 0.2) is 11.5 Å². The van der Waals surface area contributed by atoms with Crippen molar-refractivity contribution in [3.05, 3.63) is 23.8 Å². The van der Waals surface area contributed by atoms with Gasteiger partial charge in [-0.15, -0.1) is 0 Å². The Hall–Kier alpha value is -2.28. The molecule has 1 fully saturated rings. The number of imide groups is 1. The van der Waals surface area contributed by atoms with Gasteiger partial charge in [-0.05, 0) is 31.0 Å². The van der Waals surface area contributed by atoms with E-state index in [-0.39, 0.29) is 18.5 Å². The van der Waals surface area contributed by atoms with Crippen molar-refractivity contribution in [3.63, 3.8) is 0 Å². The summed E-state index contributed by atoms with van der Waals surface area (Å²) < 4.78 is 10.5. The minimum absolute atomic E-state index is 0.213. The number of benzene rings is 1. The third-order valence-corrected chi connectivity index (χ3v) is 4.31. The molecule has 0 aromatic heterocycles. The van der Waals surface area contributed by atoms with Crippen LogP contribution in [0.25, 0.3) is 0 Å². The summed E-state index contributed by atoms with van der Waals surface area (Å²) >= 11 is 0. The lowest BCUT2D eigenvalue weighted by molar-refractivity contribution is -0.133. The highest BCUT2D eigenvalue weighted by atomic mass is 16.5. The summed E-state index contributed by atoms with van der Waals surface area (Å²) in [5.74, 6) is 0.770. The molecule has 7 heteroatoms. The van der Waals surface area contributed by atoms with Gasteiger partial charge in [-0.3, -0.25) is 9.69 Å². The van der Waals surface area contributed by atoms with E-state index in [1.165, 1.54) is 12.0 Å². The minimum Gasteiger partial charge on any atom is -0.493 e. The first kappa shape index (κ1) is 17.1. The van der Waals surface area contributed by atoms with Crippen LogP contribution in [0.15, 0.2) is 18.2 Å². The van der Waals surface area contributed by atoms with Crippen molar-refractivity contribution < 1.29 is 19.1 Å². The molecule has 0 saturated carbocycles. The molecule has 2 rings (SSSR count). The van der Waals surface area contributed by atoms with Gasteiger partial charge in [0, 0.05) is 6.54 Å². The highest BCUT2D eigenvalue weighted by Gasteiger charge is 2.52. The van der Waals surface area contributed by atoms with Crippen LogP contribution in [0.2, 0.25) is 0 Å². The molecule has 0 radical (unpaired) electrons. The van der Waals surface area contributed by atoms with Crippen molar-refractivity contribution in [1.29, 1.82) is 0 Å². The molecule has 2 unspecified atom stereocenters. The molecule has 0 spiro atoms. The normalized spacial score (nSPS) is 22.0. The number of hydrogen-bond donors (Lipinski definition) is 2. The first-order valence-electron chi connectivity index (χ1n) is 7.53. The van der Waals surface area contributed by atoms with Crippen molar-refractivity contribution in [2.45, 2.75) is 31.8 Å². The molecule has 0 aliphatic carbocycles. The average Bonchev–Trinajstić information content (AvgIpc) is 2.84. The lowest BCUT2D eigenvalue weighted by Gasteiger charge is -2.27. The average molecular weight is 321 g/mol. The van der Waals surface area contributed by atoms with Crippen LogP contribution in [-0.4, -0.2) is 43.6 Å². The first-order valence-corrected chi connectivity index (χ1v) is 7.53. The van der Waals surface area contributed by atoms with Gasteiger partial charge in [0.1, 0.15) is 5.54 Å². The molecule has 1 aliphatic heterocycles. The number of urea groups is 1. The van der Waals surface area contributed by atoms with Gasteiger partial charge in [-0.25, -0.2) is 4.79 Å². The molecule has 3 amide bonds. The summed E-state index contributed by atoms with van der Waals surface area (Å²) in [6.45, 7) is 3.81. The number of rotatable bonds is 6. The number of carbonyl (C=O) groups is 2. The maximum absolute atomic E-state index is 12.9. The van der Waals surface area contributed by atoms with Gasteiger partial charge in [-0.1, -0.05) is 13.0 Å². The summed E-state index contributed by atoms with van der Waals surface area (Å²) in [6.07, 6.45) is 0.418. The van der Waals surface area contributed by atoms with E-state index >= 15 is 0 Å². The van der Waals surface area contributed by atoms with E-state index in [2.05, 4.69) is 5.32 Å². The standard InChI is InChI=1S/C16H23N3O4/c1-5-16(11-6-7-12(22-3)13(8-11)23-4)14(20)19(10(2)9-17)15(21)18-16/h6-8,10H,5,9,17H2,1-4H3,(H,18,21). The highest BCUT2D eigenvalue weighted by Crippen LogP contribution is 2.37. The Morgan fingerprint density at radius 3 is 2.43 bits per heavy atom. The fourth-order valence-electron chi connectivity index (χ4n) is 2.84. The molecule has 1 heterocycles. The Kier molecular flexibility index (Phi) is 4.79. The monoisotopic (exact) mass is 321 g/mol. The van der Waals surface area contributed by atoms with E-state index < -0.39 is 11.6 Å². The molecule has 1 aliphatic rings. The summed E-state index contributed by atoms with van der Waals surface area (Å²) in [6, 6.07) is 4.41. The van der Waals surface area contributed by atoms with E-state index in [0.717, 1.165) is 0 Å². The van der Waals surface area contributed by atoms with Crippen LogP contribution < -0.4 is 20.5 Å². The Balaban J connectivity index is 2.50. The molecule has 2 atom stereocenters. The minimum atomic E-state index is -1.11. The Morgan fingerprint density at radius 1 is 1.26 bits per heavy atom. The molecule has 7 nitrogen and oxygen atoms in total. The number of nitrogens with zero attached hydrogens (tertiary/aromatic N) is 1. The quantitative estimate of drug-likeness (QED) is 0.768. The van der Waals surface area contributed by atoms with E-state index in [4.69, 9.17) is 15.2 Å². The molecule has 3 N–H and O–H groups in total. The van der Waals surface area contributed by atoms with Gasteiger partial charge in [0.05, 0.1) is 20.3 Å². The Bertz CT molecular complexity index is 619. The van der Waals surface area contributed by atoms with Gasteiger partial charge < -0.3 is 20.5 Å². The van der Waals surface area contributed by atoms with E-state index in [1.807, 2.05) is 6.92 Å². The number of nitrogens with two attached hydrogens (primary N) is 1. The fraction of sp³-hybridized carbons (Fsp3) is 0.500. The number of ether oxygens (including phenoxy) is 2. The maximum Gasteiger partial charge on any atom is 0.325 e. The van der Waals surface area contributed by atoms with Crippen molar-refractivity contribution in [2.75, 3.05) is 20.8 Å². The number of nitrogens with one attached hydrogen (secondary N) is 1. The van der Waals surface area contributed by atoms with Crippen molar-refractivity contribution in [3.8, 4) is 11.5 Å². The van der Waals surface area contributed by atoms with Crippen molar-refractivity contribution >= 4 is 11.9 Å². The maximum atomic E-state index is 12.9. The van der Waals surface area contributed by atoms with Crippen LogP contribution in [0.3, 0.4) is 0 Å². The van der Waals surface area contributed by atoms with Crippen molar-refractivity contribution in [2.24, 2.45) is 5.73 Å². The van der Waals surface area contributed by atoms with Gasteiger partial charge in [0.25, 0.3) is 5.91 Å². The van der Waals surface area contributed by atoms with Crippen LogP contribution in [0, 0.1) is 0 Å². The zero-order valence-corrected chi connectivity index (χ0v) is 13.9. The summed E-state index contributed by atoms with van der Waals surface area (Å²) in [5, 5.41) is 2.82. The van der Waals surface area contributed by atoms with E-state index in [1.54, 1.807) is 32.2 Å². The Labute approximate surface area is 135 Å². The number of carbonyl (C=O) groups excluding carboxylic acids is 2. The predicted octanol–water partition coefficient (Wildman–Crippen LogP) is 1.21. The third kappa shape index (κ3) is 2.61. The smallest absolute Gasteiger partial charge is 0.325 e. The number of amides is 3. The number of hydrogen-bond acceptors (Lipinski definition) is 5. The lowest BCUT2D eigenvalue weighted by atomic mass is 9.86. The Morgan fingerprint density at radius 2 is 1.91 bits per heavy atom. The summed E-state index contributed by atoms with van der Waals surface area (Å²) in [7, 11) is 3.07. The van der Waals surface area contributed by atoms with Crippen LogP contribution in [0.5, 0.6) is 11.5 Å². The van der Waals surface area contributed by atoms with Gasteiger partial charge in [0.2, 0.25) is 0 Å².